The average molecular weight is 721 g/mol. The smallest absolute Gasteiger partial charge is 0.362 e. The lowest BCUT2D eigenvalue weighted by atomic mass is 10.0. The van der Waals surface area contributed by atoms with E-state index in [-0.39, 0.29) is 13.0 Å². The van der Waals surface area contributed by atoms with E-state index < -0.39 is 32.1 Å². The van der Waals surface area contributed by atoms with Gasteiger partial charge in [0.25, 0.3) is 0 Å². The number of likely N-dealkylation sites (N-methyl/N-ethyl adjacent to an activating group) is 1. The molecule has 2 unspecified atom stereocenters. The Hall–Kier alpha value is -0.500. The molecular formula is C40H83NO7P+. The number of unbranched alkanes of at least 4 members (excludes halogenated alkanes) is 25. The van der Waals surface area contributed by atoms with Crippen molar-refractivity contribution in [3.63, 3.8) is 0 Å². The van der Waals surface area contributed by atoms with Crippen LogP contribution in [0.2, 0.25) is 0 Å². The van der Waals surface area contributed by atoms with Crippen molar-refractivity contribution in [2.45, 2.75) is 206 Å². The van der Waals surface area contributed by atoms with Gasteiger partial charge in [-0.3, -0.25) is 9.36 Å². The van der Waals surface area contributed by atoms with Gasteiger partial charge in [0, 0.05) is 13.0 Å². The third kappa shape index (κ3) is 33.1. The summed E-state index contributed by atoms with van der Waals surface area (Å²) in [5.74, 6) is -1.40. The monoisotopic (exact) mass is 721 g/mol. The molecule has 294 valence electrons. The number of esters is 1. The third-order valence-corrected chi connectivity index (χ3v) is 10.9. The molecule has 0 heterocycles. The van der Waals surface area contributed by atoms with Crippen molar-refractivity contribution in [3.05, 3.63) is 0 Å². The molecule has 0 bridgehead atoms. The summed E-state index contributed by atoms with van der Waals surface area (Å²) in [7, 11) is 1.64. The molecule has 9 heteroatoms. The number of rotatable bonds is 38. The van der Waals surface area contributed by atoms with E-state index in [1.807, 2.05) is 21.1 Å². The molecule has 0 amide bonds. The molecule has 0 radical (unpaired) electrons. The van der Waals surface area contributed by atoms with Crippen molar-refractivity contribution < 1.29 is 37.8 Å². The molecule has 0 aromatic rings. The average Bonchev–Trinajstić information content (AvgIpc) is 3.05. The van der Waals surface area contributed by atoms with Crippen LogP contribution in [0, 0.1) is 0 Å². The highest BCUT2D eigenvalue weighted by Gasteiger charge is 2.38. The summed E-state index contributed by atoms with van der Waals surface area (Å²) in [5, 5.41) is 9.77. The normalized spacial score (nSPS) is 14.5. The molecule has 8 nitrogen and oxygen atoms in total. The Morgan fingerprint density at radius 2 is 0.980 bits per heavy atom. The lowest BCUT2D eigenvalue weighted by Gasteiger charge is -2.31. The maximum Gasteiger partial charge on any atom is 0.362 e. The zero-order valence-corrected chi connectivity index (χ0v) is 34.0. The topological polar surface area (TPSA) is 102 Å². The van der Waals surface area contributed by atoms with Gasteiger partial charge in [0.15, 0.2) is 0 Å². The first-order valence-corrected chi connectivity index (χ1v) is 22.4. The minimum absolute atomic E-state index is 0.275. The number of carbonyl (C=O) groups excluding carboxylic acids is 1. The summed E-state index contributed by atoms with van der Waals surface area (Å²) >= 11 is 0. The molecular weight excluding hydrogens is 637 g/mol. The summed E-state index contributed by atoms with van der Waals surface area (Å²) in [5.41, 5.74) is 0. The maximum absolute atomic E-state index is 13.3. The van der Waals surface area contributed by atoms with E-state index in [1.165, 1.54) is 135 Å². The molecule has 0 aliphatic carbocycles. The zero-order valence-electron chi connectivity index (χ0n) is 33.1. The third-order valence-electron chi connectivity index (χ3n) is 9.31. The minimum atomic E-state index is -4.19. The standard InChI is InChI=1S/C40H82NO7P/c1-6-8-10-12-14-16-18-20-22-24-26-28-30-32-34-46-40(35-41(3,4)5)49(44,45)47-37-38(36-42)48-39(43)33-31-29-27-25-23-21-19-17-15-13-11-9-7-2/h38,40,42H,6-37H2,1-5H3/p+1/t38-,40?/m1/s1. The molecule has 0 spiro atoms. The fraction of sp³-hybridized carbons (Fsp3) is 0.975. The Morgan fingerprint density at radius 3 is 1.35 bits per heavy atom. The first-order valence-electron chi connectivity index (χ1n) is 20.7. The Labute approximate surface area is 303 Å². The van der Waals surface area contributed by atoms with Crippen LogP contribution < -0.4 is 0 Å². The molecule has 0 rings (SSSR count). The van der Waals surface area contributed by atoms with Gasteiger partial charge in [-0.1, -0.05) is 174 Å². The quantitative estimate of drug-likeness (QED) is 0.0283. The van der Waals surface area contributed by atoms with Crippen LogP contribution in [-0.4, -0.2) is 79.9 Å². The molecule has 2 N–H and O–H groups in total. The highest BCUT2D eigenvalue weighted by Crippen LogP contribution is 2.49. The number of ether oxygens (including phenoxy) is 2. The molecule has 0 aromatic carbocycles. The Morgan fingerprint density at radius 1 is 0.612 bits per heavy atom. The number of aliphatic hydroxyl groups excluding tert-OH is 1. The van der Waals surface area contributed by atoms with Gasteiger partial charge in [0.2, 0.25) is 5.85 Å². The Bertz CT molecular complexity index is 776. The van der Waals surface area contributed by atoms with Gasteiger partial charge in [-0.05, 0) is 12.8 Å². The van der Waals surface area contributed by atoms with E-state index >= 15 is 0 Å². The molecule has 0 saturated heterocycles. The number of hydrogen-bond acceptors (Lipinski definition) is 6. The predicted octanol–water partition coefficient (Wildman–Crippen LogP) is 11.1. The van der Waals surface area contributed by atoms with E-state index in [0.29, 0.717) is 17.6 Å². The van der Waals surface area contributed by atoms with Crippen LogP contribution in [0.5, 0.6) is 0 Å². The Kier molecular flexibility index (Phi) is 33.0. The van der Waals surface area contributed by atoms with Crippen molar-refractivity contribution in [3.8, 4) is 0 Å². The first-order chi connectivity index (χ1) is 23.6. The maximum atomic E-state index is 13.3. The van der Waals surface area contributed by atoms with Gasteiger partial charge in [0.05, 0.1) is 34.4 Å². The van der Waals surface area contributed by atoms with Gasteiger partial charge in [-0.2, -0.15) is 0 Å². The fourth-order valence-electron chi connectivity index (χ4n) is 6.16. The molecule has 0 aliphatic heterocycles. The van der Waals surface area contributed by atoms with E-state index in [2.05, 4.69) is 13.8 Å². The summed E-state index contributed by atoms with van der Waals surface area (Å²) in [6, 6.07) is 0. The van der Waals surface area contributed by atoms with Gasteiger partial charge >= 0.3 is 13.6 Å². The highest BCUT2D eigenvalue weighted by molar-refractivity contribution is 7.53. The van der Waals surface area contributed by atoms with Crippen LogP contribution in [0.1, 0.15) is 194 Å². The molecule has 0 aromatic heterocycles. The van der Waals surface area contributed by atoms with Crippen molar-refractivity contribution in [2.75, 3.05) is 47.5 Å². The SMILES string of the molecule is CCCCCCCCCCCCCCCCOC(C[N+](C)(C)C)P(=O)(O)OC[C@@H](CO)OC(=O)CCCCCCCCCCCCCCC. The van der Waals surface area contributed by atoms with Crippen LogP contribution in [0.3, 0.4) is 0 Å². The number of quaternary nitrogens is 1. The second kappa shape index (κ2) is 33.3. The van der Waals surface area contributed by atoms with Crippen molar-refractivity contribution in [1.82, 2.24) is 0 Å². The van der Waals surface area contributed by atoms with Crippen LogP contribution >= 0.6 is 7.60 Å². The van der Waals surface area contributed by atoms with Gasteiger partial charge in [0.1, 0.15) is 12.6 Å². The molecule has 3 atom stereocenters. The predicted molar refractivity (Wildman–Crippen MR) is 206 cm³/mol. The van der Waals surface area contributed by atoms with E-state index in [1.54, 1.807) is 0 Å². The summed E-state index contributed by atoms with van der Waals surface area (Å²) in [6.07, 6.45) is 33.0. The van der Waals surface area contributed by atoms with Crippen LogP contribution in [0.15, 0.2) is 0 Å². The lowest BCUT2D eigenvalue weighted by Crippen LogP contribution is -2.43. The van der Waals surface area contributed by atoms with Crippen LogP contribution in [-0.2, 0) is 23.4 Å². The fourth-order valence-corrected chi connectivity index (χ4v) is 7.70. The van der Waals surface area contributed by atoms with E-state index in [4.69, 9.17) is 14.0 Å². The second-order valence-electron chi connectivity index (χ2n) is 15.5. The van der Waals surface area contributed by atoms with Crippen molar-refractivity contribution in [2.24, 2.45) is 0 Å². The first kappa shape index (κ1) is 48.5. The minimum Gasteiger partial charge on any atom is -0.457 e. The van der Waals surface area contributed by atoms with Crippen LogP contribution in [0.4, 0.5) is 0 Å². The van der Waals surface area contributed by atoms with Gasteiger partial charge in [-0.25, -0.2) is 0 Å². The molecule has 49 heavy (non-hydrogen) atoms. The number of carbonyl (C=O) groups is 1. The van der Waals surface area contributed by atoms with E-state index in [9.17, 15) is 19.4 Å². The lowest BCUT2D eigenvalue weighted by molar-refractivity contribution is -0.872. The van der Waals surface area contributed by atoms with Gasteiger partial charge in [-0.15, -0.1) is 0 Å². The number of aliphatic hydroxyl groups is 1. The second-order valence-corrected chi connectivity index (χ2v) is 17.5. The van der Waals surface area contributed by atoms with Gasteiger partial charge < -0.3 is 28.5 Å². The van der Waals surface area contributed by atoms with E-state index in [0.717, 1.165) is 38.5 Å². The molecule has 0 aliphatic rings. The highest BCUT2D eigenvalue weighted by atomic mass is 31.2. The summed E-state index contributed by atoms with van der Waals surface area (Å²) in [4.78, 5) is 23.2. The zero-order chi connectivity index (χ0) is 36.5. The molecule has 0 fully saturated rings. The Balaban J connectivity index is 4.19. The van der Waals surface area contributed by atoms with Crippen molar-refractivity contribution in [1.29, 1.82) is 0 Å². The number of hydrogen-bond donors (Lipinski definition) is 2. The summed E-state index contributed by atoms with van der Waals surface area (Å²) in [6.45, 7) is 4.40. The van der Waals surface area contributed by atoms with Crippen molar-refractivity contribution >= 4 is 13.6 Å². The largest absolute Gasteiger partial charge is 0.457 e. The number of nitrogens with zero attached hydrogens (tertiary/aromatic N) is 1. The summed E-state index contributed by atoms with van der Waals surface area (Å²) < 4.78 is 30.5. The molecule has 0 saturated carbocycles. The van der Waals surface area contributed by atoms with Crippen LogP contribution in [0.25, 0.3) is 0 Å².